The van der Waals surface area contributed by atoms with Crippen LogP contribution in [0.1, 0.15) is 41.0 Å². The van der Waals surface area contributed by atoms with Gasteiger partial charge in [0, 0.05) is 16.7 Å². The highest BCUT2D eigenvalue weighted by Crippen LogP contribution is 2.36. The molecule has 1 unspecified atom stereocenters. The Hall–Kier alpha value is -1.36. The van der Waals surface area contributed by atoms with E-state index in [4.69, 9.17) is 9.47 Å². The van der Waals surface area contributed by atoms with Gasteiger partial charge in [-0.25, -0.2) is 4.79 Å². The summed E-state index contributed by atoms with van der Waals surface area (Å²) in [6.45, 7) is 13.3. The lowest BCUT2D eigenvalue weighted by Gasteiger charge is -2.27. The molecule has 0 bridgehead atoms. The van der Waals surface area contributed by atoms with E-state index < -0.39 is 5.97 Å². The summed E-state index contributed by atoms with van der Waals surface area (Å²) >= 11 is 0. The Labute approximate surface area is 120 Å². The maximum absolute atomic E-state index is 12.1. The van der Waals surface area contributed by atoms with Gasteiger partial charge in [-0.05, 0) is 41.0 Å². The SMILES string of the molecule is C=C(C)C(=O)OCCOC(=O)C1CC(C)(C)NC1(C)C. The number of hydrogen-bond acceptors (Lipinski definition) is 5. The smallest absolute Gasteiger partial charge is 0.333 e. The summed E-state index contributed by atoms with van der Waals surface area (Å²) in [4.78, 5) is 23.3. The predicted octanol–water partition coefficient (Wildman–Crippen LogP) is 1.82. The highest BCUT2D eigenvalue weighted by Gasteiger charge is 2.48. The molecule has 20 heavy (non-hydrogen) atoms. The molecule has 1 aliphatic rings. The molecule has 0 spiro atoms. The van der Waals surface area contributed by atoms with Gasteiger partial charge in [0.15, 0.2) is 0 Å². The summed E-state index contributed by atoms with van der Waals surface area (Å²) < 4.78 is 10.1. The largest absolute Gasteiger partial charge is 0.462 e. The normalized spacial score (nSPS) is 23.1. The Balaban J connectivity index is 2.40. The van der Waals surface area contributed by atoms with Gasteiger partial charge in [0.05, 0.1) is 5.92 Å². The lowest BCUT2D eigenvalue weighted by molar-refractivity contribution is -0.154. The minimum atomic E-state index is -0.468. The van der Waals surface area contributed by atoms with E-state index in [-0.39, 0.29) is 36.2 Å². The van der Waals surface area contributed by atoms with Crippen LogP contribution in [0.15, 0.2) is 12.2 Å². The predicted molar refractivity (Wildman–Crippen MR) is 76.1 cm³/mol. The van der Waals surface area contributed by atoms with Crippen LogP contribution in [-0.4, -0.2) is 36.2 Å². The molecule has 1 rings (SSSR count). The molecule has 0 aromatic heterocycles. The number of carbonyl (C=O) groups is 2. The van der Waals surface area contributed by atoms with Crippen LogP contribution in [0.25, 0.3) is 0 Å². The monoisotopic (exact) mass is 283 g/mol. The summed E-state index contributed by atoms with van der Waals surface area (Å²) in [5, 5.41) is 3.43. The molecule has 114 valence electrons. The first kappa shape index (κ1) is 16.7. The molecule has 0 aliphatic carbocycles. The minimum absolute atomic E-state index is 0.0569. The minimum Gasteiger partial charge on any atom is -0.462 e. The highest BCUT2D eigenvalue weighted by molar-refractivity contribution is 5.86. The number of nitrogens with one attached hydrogen (secondary N) is 1. The second-order valence-corrected chi connectivity index (χ2v) is 6.57. The second kappa shape index (κ2) is 5.95. The fraction of sp³-hybridized carbons (Fsp3) is 0.733. The zero-order valence-corrected chi connectivity index (χ0v) is 13.0. The van der Waals surface area contributed by atoms with E-state index in [1.165, 1.54) is 0 Å². The molecule has 0 aromatic carbocycles. The quantitative estimate of drug-likeness (QED) is 0.473. The zero-order valence-electron chi connectivity index (χ0n) is 13.0. The Morgan fingerprint density at radius 2 is 1.75 bits per heavy atom. The molecule has 0 radical (unpaired) electrons. The van der Waals surface area contributed by atoms with Gasteiger partial charge < -0.3 is 14.8 Å². The average Bonchev–Trinajstić information content (AvgIpc) is 2.52. The van der Waals surface area contributed by atoms with E-state index >= 15 is 0 Å². The lowest BCUT2D eigenvalue weighted by atomic mass is 9.87. The molecule has 1 saturated heterocycles. The summed E-state index contributed by atoms with van der Waals surface area (Å²) in [6.07, 6.45) is 0.727. The molecule has 1 atom stereocenters. The van der Waals surface area contributed by atoms with Gasteiger partial charge in [0.25, 0.3) is 0 Å². The molecule has 1 heterocycles. The van der Waals surface area contributed by atoms with E-state index in [0.717, 1.165) is 6.42 Å². The summed E-state index contributed by atoms with van der Waals surface area (Å²) in [5.74, 6) is -0.918. The molecule has 5 nitrogen and oxygen atoms in total. The van der Waals surface area contributed by atoms with Crippen molar-refractivity contribution in [2.75, 3.05) is 13.2 Å². The van der Waals surface area contributed by atoms with E-state index in [9.17, 15) is 9.59 Å². The molecular weight excluding hydrogens is 258 g/mol. The third-order valence-corrected chi connectivity index (χ3v) is 3.44. The van der Waals surface area contributed by atoms with Crippen LogP contribution in [-0.2, 0) is 19.1 Å². The van der Waals surface area contributed by atoms with Crippen LogP contribution in [0.5, 0.6) is 0 Å². The second-order valence-electron chi connectivity index (χ2n) is 6.57. The molecular formula is C15H25NO4. The first-order valence-electron chi connectivity index (χ1n) is 6.84. The van der Waals surface area contributed by atoms with Crippen molar-refractivity contribution in [3.8, 4) is 0 Å². The third-order valence-electron chi connectivity index (χ3n) is 3.44. The van der Waals surface area contributed by atoms with Crippen LogP contribution in [0.3, 0.4) is 0 Å². The Morgan fingerprint density at radius 1 is 1.20 bits per heavy atom. The van der Waals surface area contributed by atoms with Gasteiger partial charge in [-0.3, -0.25) is 4.79 Å². The lowest BCUT2D eigenvalue weighted by Crippen LogP contribution is -2.46. The fourth-order valence-corrected chi connectivity index (χ4v) is 2.65. The summed E-state index contributed by atoms with van der Waals surface area (Å²) in [6, 6.07) is 0. The number of rotatable bonds is 5. The van der Waals surface area contributed by atoms with Gasteiger partial charge >= 0.3 is 11.9 Å². The number of carbonyl (C=O) groups excluding carboxylic acids is 2. The molecule has 0 saturated carbocycles. The van der Waals surface area contributed by atoms with Crippen molar-refractivity contribution in [1.82, 2.24) is 5.32 Å². The van der Waals surface area contributed by atoms with E-state index in [0.29, 0.717) is 5.57 Å². The third kappa shape index (κ3) is 4.34. The molecule has 1 N–H and O–H groups in total. The molecule has 0 aromatic rings. The van der Waals surface area contributed by atoms with Gasteiger partial charge in [0.2, 0.25) is 0 Å². The maximum atomic E-state index is 12.1. The van der Waals surface area contributed by atoms with Crippen molar-refractivity contribution in [3.05, 3.63) is 12.2 Å². The summed E-state index contributed by atoms with van der Waals surface area (Å²) in [7, 11) is 0. The first-order valence-corrected chi connectivity index (χ1v) is 6.84. The van der Waals surface area contributed by atoms with Crippen LogP contribution < -0.4 is 5.32 Å². The van der Waals surface area contributed by atoms with Crippen molar-refractivity contribution in [2.24, 2.45) is 5.92 Å². The highest BCUT2D eigenvalue weighted by atomic mass is 16.6. The number of esters is 2. The van der Waals surface area contributed by atoms with E-state index in [1.807, 2.05) is 13.8 Å². The Bertz CT molecular complexity index is 412. The summed E-state index contributed by atoms with van der Waals surface area (Å²) in [5.41, 5.74) is -0.0478. The molecule has 5 heteroatoms. The van der Waals surface area contributed by atoms with Crippen molar-refractivity contribution < 1.29 is 19.1 Å². The maximum Gasteiger partial charge on any atom is 0.333 e. The van der Waals surface area contributed by atoms with Gasteiger partial charge in [-0.15, -0.1) is 0 Å². The average molecular weight is 283 g/mol. The van der Waals surface area contributed by atoms with Crippen LogP contribution in [0, 0.1) is 5.92 Å². The molecule has 0 amide bonds. The van der Waals surface area contributed by atoms with Gasteiger partial charge in [-0.2, -0.15) is 0 Å². The standard InChI is InChI=1S/C15H25NO4/c1-10(2)12(17)19-7-8-20-13(18)11-9-14(3,4)16-15(11,5)6/h11,16H,1,7-9H2,2-6H3. The van der Waals surface area contributed by atoms with Crippen molar-refractivity contribution in [1.29, 1.82) is 0 Å². The zero-order chi connectivity index (χ0) is 15.6. The van der Waals surface area contributed by atoms with Gasteiger partial charge in [-0.1, -0.05) is 6.58 Å². The number of ether oxygens (including phenoxy) is 2. The van der Waals surface area contributed by atoms with Crippen molar-refractivity contribution in [2.45, 2.75) is 52.1 Å². The van der Waals surface area contributed by atoms with Crippen LogP contribution in [0.4, 0.5) is 0 Å². The first-order chi connectivity index (χ1) is 9.05. The number of hydrogen-bond donors (Lipinski definition) is 1. The van der Waals surface area contributed by atoms with Crippen molar-refractivity contribution in [3.63, 3.8) is 0 Å². The molecule has 1 aliphatic heterocycles. The van der Waals surface area contributed by atoms with Crippen molar-refractivity contribution >= 4 is 11.9 Å². The van der Waals surface area contributed by atoms with E-state index in [1.54, 1.807) is 6.92 Å². The topological polar surface area (TPSA) is 64.6 Å². The Kier molecular flexibility index (Phi) is 4.97. The van der Waals surface area contributed by atoms with Crippen LogP contribution >= 0.6 is 0 Å². The molecule has 1 fully saturated rings. The Morgan fingerprint density at radius 3 is 2.20 bits per heavy atom. The van der Waals surface area contributed by atoms with E-state index in [2.05, 4.69) is 25.7 Å². The van der Waals surface area contributed by atoms with Crippen LogP contribution in [0.2, 0.25) is 0 Å². The fourth-order valence-electron chi connectivity index (χ4n) is 2.65. The van der Waals surface area contributed by atoms with Gasteiger partial charge in [0.1, 0.15) is 13.2 Å².